The molecule has 1 fully saturated rings. The Morgan fingerprint density at radius 3 is 3.00 bits per heavy atom. The molecule has 96 valence electrons. The minimum Gasteiger partial charge on any atom is -0.394 e. The van der Waals surface area contributed by atoms with Gasteiger partial charge in [0.15, 0.2) is 5.65 Å². The molecule has 8 heteroatoms. The van der Waals surface area contributed by atoms with Crippen LogP contribution >= 0.6 is 15.9 Å². The summed E-state index contributed by atoms with van der Waals surface area (Å²) in [6, 6.07) is 0. The van der Waals surface area contributed by atoms with Crippen LogP contribution in [0.15, 0.2) is 17.3 Å². The first-order valence-electron chi connectivity index (χ1n) is 5.48. The van der Waals surface area contributed by atoms with Crippen LogP contribution in [-0.2, 0) is 4.74 Å². The second-order valence-corrected chi connectivity index (χ2v) is 4.85. The summed E-state index contributed by atoms with van der Waals surface area (Å²) in [6.45, 7) is -0.205. The van der Waals surface area contributed by atoms with Gasteiger partial charge in [-0.3, -0.25) is 4.57 Å². The molecule has 7 nitrogen and oxygen atoms in total. The van der Waals surface area contributed by atoms with Crippen molar-refractivity contribution in [3.8, 4) is 0 Å². The zero-order valence-corrected chi connectivity index (χ0v) is 10.9. The van der Waals surface area contributed by atoms with E-state index in [9.17, 15) is 5.11 Å². The molecule has 3 heterocycles. The van der Waals surface area contributed by atoms with Crippen molar-refractivity contribution in [1.82, 2.24) is 19.5 Å². The maximum absolute atomic E-state index is 9.72. The molecule has 0 amide bonds. The molecule has 0 bridgehead atoms. The fourth-order valence-corrected chi connectivity index (χ4v) is 2.46. The van der Waals surface area contributed by atoms with Crippen molar-refractivity contribution in [1.29, 1.82) is 0 Å². The molecule has 0 unspecified atom stereocenters. The molecule has 0 spiro atoms. The first-order valence-corrected chi connectivity index (χ1v) is 6.27. The summed E-state index contributed by atoms with van der Waals surface area (Å²) in [5, 5.41) is 18.8. The van der Waals surface area contributed by atoms with Crippen molar-refractivity contribution < 1.29 is 14.9 Å². The van der Waals surface area contributed by atoms with Gasteiger partial charge in [0.25, 0.3) is 0 Å². The first kappa shape index (κ1) is 12.0. The van der Waals surface area contributed by atoms with Gasteiger partial charge in [-0.15, -0.1) is 0 Å². The van der Waals surface area contributed by atoms with E-state index in [1.165, 1.54) is 6.33 Å². The molecule has 2 aromatic heterocycles. The largest absolute Gasteiger partial charge is 0.394 e. The van der Waals surface area contributed by atoms with E-state index in [0.29, 0.717) is 22.2 Å². The summed E-state index contributed by atoms with van der Waals surface area (Å²) in [6.07, 6.45) is 1.82. The molecule has 2 N–H and O–H groups in total. The summed E-state index contributed by atoms with van der Waals surface area (Å²) in [7, 11) is 0. The van der Waals surface area contributed by atoms with Gasteiger partial charge in [-0.25, -0.2) is 15.0 Å². The summed E-state index contributed by atoms with van der Waals surface area (Å²) in [5.74, 6) is 0. The first-order chi connectivity index (χ1) is 8.70. The van der Waals surface area contributed by atoms with Crippen LogP contribution in [0.5, 0.6) is 0 Å². The molecule has 3 atom stereocenters. The zero-order chi connectivity index (χ0) is 12.7. The van der Waals surface area contributed by atoms with Crippen LogP contribution < -0.4 is 0 Å². The smallest absolute Gasteiger partial charge is 0.166 e. The number of ether oxygens (including phenoxy) is 1. The fraction of sp³-hybridized carbons (Fsp3) is 0.500. The maximum Gasteiger partial charge on any atom is 0.166 e. The van der Waals surface area contributed by atoms with Crippen molar-refractivity contribution in [2.45, 2.75) is 24.9 Å². The van der Waals surface area contributed by atoms with Crippen molar-refractivity contribution in [3.05, 3.63) is 17.3 Å². The van der Waals surface area contributed by atoms with Gasteiger partial charge in [0.05, 0.1) is 19.0 Å². The van der Waals surface area contributed by atoms with Crippen LogP contribution in [-0.4, -0.2) is 48.5 Å². The zero-order valence-electron chi connectivity index (χ0n) is 9.27. The SMILES string of the molecule is OC[C@@H]1O[C@@H](n2cnc3c(Br)ncnc32)C[C@H]1O. The third-order valence-electron chi connectivity index (χ3n) is 3.01. The van der Waals surface area contributed by atoms with E-state index >= 15 is 0 Å². The highest BCUT2D eigenvalue weighted by atomic mass is 79.9. The van der Waals surface area contributed by atoms with Gasteiger partial charge in [-0.2, -0.15) is 0 Å². The van der Waals surface area contributed by atoms with Gasteiger partial charge < -0.3 is 14.9 Å². The predicted molar refractivity (Wildman–Crippen MR) is 64.6 cm³/mol. The van der Waals surface area contributed by atoms with E-state index < -0.39 is 12.2 Å². The normalized spacial score (nSPS) is 28.1. The molecule has 18 heavy (non-hydrogen) atoms. The van der Waals surface area contributed by atoms with E-state index in [2.05, 4.69) is 30.9 Å². The Labute approximate surface area is 111 Å². The van der Waals surface area contributed by atoms with Crippen LogP contribution in [0.1, 0.15) is 12.6 Å². The standard InChI is InChI=1S/C10H11BrN4O3/c11-9-8-10(13-3-12-9)15(4-14-8)7-1-5(17)6(2-16)18-7/h3-7,16-17H,1-2H2/t5-,6+,7-/m1/s1. The third-order valence-corrected chi connectivity index (χ3v) is 3.59. The molecule has 2 aromatic rings. The molecule has 0 saturated carbocycles. The van der Waals surface area contributed by atoms with Crippen LogP contribution in [0, 0.1) is 0 Å². The Morgan fingerprint density at radius 1 is 1.44 bits per heavy atom. The number of aliphatic hydroxyl groups is 2. The summed E-state index contributed by atoms with van der Waals surface area (Å²) in [4.78, 5) is 12.4. The topological polar surface area (TPSA) is 93.3 Å². The number of halogens is 1. The van der Waals surface area contributed by atoms with E-state index in [1.807, 2.05) is 0 Å². The van der Waals surface area contributed by atoms with Crippen LogP contribution in [0.2, 0.25) is 0 Å². The fourth-order valence-electron chi connectivity index (χ4n) is 2.08. The average molecular weight is 315 g/mol. The molecule has 3 rings (SSSR count). The number of rotatable bonds is 2. The lowest BCUT2D eigenvalue weighted by Crippen LogP contribution is -2.24. The summed E-state index contributed by atoms with van der Waals surface area (Å²) < 4.78 is 7.91. The molecular weight excluding hydrogens is 304 g/mol. The van der Waals surface area contributed by atoms with Crippen molar-refractivity contribution >= 4 is 27.1 Å². The number of aromatic nitrogens is 4. The van der Waals surface area contributed by atoms with Gasteiger partial charge in [0, 0.05) is 6.42 Å². The lowest BCUT2D eigenvalue weighted by molar-refractivity contribution is -0.0432. The number of fused-ring (bicyclic) bond motifs is 1. The van der Waals surface area contributed by atoms with Crippen molar-refractivity contribution in [2.24, 2.45) is 0 Å². The van der Waals surface area contributed by atoms with Gasteiger partial charge >= 0.3 is 0 Å². The monoisotopic (exact) mass is 314 g/mol. The third kappa shape index (κ3) is 1.81. The highest BCUT2D eigenvalue weighted by Crippen LogP contribution is 2.31. The quantitative estimate of drug-likeness (QED) is 0.771. The van der Waals surface area contributed by atoms with E-state index in [-0.39, 0.29) is 12.8 Å². The Kier molecular flexibility index (Phi) is 3.02. The molecule has 1 aliphatic rings. The second kappa shape index (κ2) is 4.54. The Balaban J connectivity index is 1.99. The Hall–Kier alpha value is -1.09. The molecule has 0 aromatic carbocycles. The summed E-state index contributed by atoms with van der Waals surface area (Å²) in [5.41, 5.74) is 1.27. The number of hydrogen-bond acceptors (Lipinski definition) is 6. The minimum atomic E-state index is -0.678. The van der Waals surface area contributed by atoms with Crippen LogP contribution in [0.4, 0.5) is 0 Å². The lowest BCUT2D eigenvalue weighted by Gasteiger charge is -2.13. The van der Waals surface area contributed by atoms with Gasteiger partial charge in [0.2, 0.25) is 0 Å². The van der Waals surface area contributed by atoms with E-state index in [1.54, 1.807) is 10.9 Å². The van der Waals surface area contributed by atoms with Crippen LogP contribution in [0.3, 0.4) is 0 Å². The highest BCUT2D eigenvalue weighted by molar-refractivity contribution is 9.10. The molecular formula is C10H11BrN4O3. The number of nitrogens with zero attached hydrogens (tertiary/aromatic N) is 4. The average Bonchev–Trinajstić information content (AvgIpc) is 2.93. The van der Waals surface area contributed by atoms with Crippen molar-refractivity contribution in [3.63, 3.8) is 0 Å². The number of hydrogen-bond donors (Lipinski definition) is 2. The van der Waals surface area contributed by atoms with Crippen molar-refractivity contribution in [2.75, 3.05) is 6.61 Å². The molecule has 0 radical (unpaired) electrons. The highest BCUT2D eigenvalue weighted by Gasteiger charge is 2.35. The molecule has 0 aliphatic carbocycles. The van der Waals surface area contributed by atoms with E-state index in [0.717, 1.165) is 0 Å². The predicted octanol–water partition coefficient (Wildman–Crippen LogP) is 0.229. The molecule has 1 aliphatic heterocycles. The Bertz CT molecular complexity index is 575. The summed E-state index contributed by atoms with van der Waals surface area (Å²) >= 11 is 3.30. The minimum absolute atomic E-state index is 0.205. The van der Waals surface area contributed by atoms with E-state index in [4.69, 9.17) is 9.84 Å². The van der Waals surface area contributed by atoms with Gasteiger partial charge in [-0.05, 0) is 15.9 Å². The lowest BCUT2D eigenvalue weighted by atomic mass is 10.2. The van der Waals surface area contributed by atoms with Gasteiger partial charge in [-0.1, -0.05) is 0 Å². The second-order valence-electron chi connectivity index (χ2n) is 4.10. The Morgan fingerprint density at radius 2 is 2.28 bits per heavy atom. The number of imidazole rings is 1. The van der Waals surface area contributed by atoms with Gasteiger partial charge in [0.1, 0.15) is 28.8 Å². The maximum atomic E-state index is 9.72. The van der Waals surface area contributed by atoms with Crippen LogP contribution in [0.25, 0.3) is 11.2 Å². The molecule has 1 saturated heterocycles. The number of aliphatic hydroxyl groups excluding tert-OH is 2.